The summed E-state index contributed by atoms with van der Waals surface area (Å²) in [5.74, 6) is 0.687. The van der Waals surface area contributed by atoms with Crippen molar-refractivity contribution in [2.45, 2.75) is 19.9 Å². The number of rotatable bonds is 6. The Morgan fingerprint density at radius 1 is 1.26 bits per heavy atom. The molecule has 3 aromatic rings. The van der Waals surface area contributed by atoms with Gasteiger partial charge in [0.15, 0.2) is 0 Å². The van der Waals surface area contributed by atoms with Crippen LogP contribution in [0, 0.1) is 0 Å². The Morgan fingerprint density at radius 3 is 2.74 bits per heavy atom. The Morgan fingerprint density at radius 2 is 2.03 bits per heavy atom. The monoisotopic (exact) mass is 552 g/mol. The van der Waals surface area contributed by atoms with Gasteiger partial charge < -0.3 is 11.1 Å². The van der Waals surface area contributed by atoms with E-state index in [1.54, 1.807) is 17.4 Å². The molecule has 6 nitrogen and oxygen atoms in total. The maximum absolute atomic E-state index is 6.67. The number of allylic oxidation sites excluding steroid dienone is 6. The van der Waals surface area contributed by atoms with Crippen LogP contribution in [0.4, 0.5) is 11.4 Å². The summed E-state index contributed by atoms with van der Waals surface area (Å²) in [6.07, 6.45) is 10.8. The van der Waals surface area contributed by atoms with Crippen LogP contribution in [0.2, 0.25) is 0 Å². The van der Waals surface area contributed by atoms with Crippen LogP contribution in [-0.4, -0.2) is 22.4 Å². The zero-order chi connectivity index (χ0) is 27.8. The molecule has 4 heterocycles. The number of benzene rings is 1. The lowest BCUT2D eigenvalue weighted by Gasteiger charge is -2.33. The summed E-state index contributed by atoms with van der Waals surface area (Å²) in [6, 6.07) is 10.3. The third-order valence-corrected chi connectivity index (χ3v) is 8.30. The number of anilines is 2. The second-order valence-corrected chi connectivity index (χ2v) is 10.8. The molecule has 5 rings (SSSR count). The van der Waals surface area contributed by atoms with Gasteiger partial charge in [-0.25, -0.2) is 0 Å². The number of hydrogen-bond acceptors (Lipinski definition) is 6. The van der Waals surface area contributed by atoms with Crippen LogP contribution < -0.4 is 16.0 Å². The molecular formula is C31H29ClN6S. The number of pyridine rings is 1. The first-order chi connectivity index (χ1) is 18.7. The molecule has 1 aromatic carbocycles. The molecule has 1 unspecified atom stereocenters. The van der Waals surface area contributed by atoms with Gasteiger partial charge in [-0.05, 0) is 31.1 Å². The number of aromatic nitrogens is 1. The fraction of sp³-hybridized carbons (Fsp3) is 0.0968. The smallest absolute Gasteiger partial charge is 0.108 e. The molecule has 3 N–H and O–H groups in total. The van der Waals surface area contributed by atoms with Gasteiger partial charge in [0.05, 0.1) is 34.2 Å². The summed E-state index contributed by atoms with van der Waals surface area (Å²) < 4.78 is 0. The number of hydrogen-bond donors (Lipinski definition) is 2. The quantitative estimate of drug-likeness (QED) is 0.185. The Bertz CT molecular complexity index is 1670. The van der Waals surface area contributed by atoms with Crippen molar-refractivity contribution in [3.63, 3.8) is 0 Å². The van der Waals surface area contributed by atoms with Crippen molar-refractivity contribution >= 4 is 62.7 Å². The first-order valence-electron chi connectivity index (χ1n) is 12.3. The van der Waals surface area contributed by atoms with E-state index >= 15 is 0 Å². The molecule has 0 spiro atoms. The van der Waals surface area contributed by atoms with Gasteiger partial charge in [0.1, 0.15) is 12.2 Å². The topological polar surface area (TPSA) is 69.8 Å². The predicted molar refractivity (Wildman–Crippen MR) is 168 cm³/mol. The van der Waals surface area contributed by atoms with E-state index in [1.807, 2.05) is 46.7 Å². The van der Waals surface area contributed by atoms with Gasteiger partial charge in [-0.3, -0.25) is 14.9 Å². The van der Waals surface area contributed by atoms with E-state index in [1.165, 1.54) is 6.34 Å². The van der Waals surface area contributed by atoms with Crippen molar-refractivity contribution < 1.29 is 0 Å². The first kappa shape index (κ1) is 26.3. The summed E-state index contributed by atoms with van der Waals surface area (Å²) in [7, 11) is 0. The number of nitrogens with zero attached hydrogens (tertiary/aromatic N) is 4. The van der Waals surface area contributed by atoms with Crippen molar-refractivity contribution in [1.82, 2.24) is 9.99 Å². The van der Waals surface area contributed by atoms with Crippen molar-refractivity contribution in [1.29, 1.82) is 0 Å². The van der Waals surface area contributed by atoms with Gasteiger partial charge in [0.25, 0.3) is 0 Å². The van der Waals surface area contributed by atoms with Crippen LogP contribution in [-0.2, 0) is 0 Å². The standard InChI is InChI=1S/C31H29ClN6S/c1-7-25(24-12-18(2)20(4)37(16-24)35-17-33)30(19(3)32)29-13-27-31(39-29)21(5)38(22(6)36-27)28-15-34-14-23-10-8-9-11-26(23)28/h7-17,20,36H,1,3,5-6H2,2,4H3,(H2,33,35)/b30-25-. The third-order valence-electron chi connectivity index (χ3n) is 6.91. The molecule has 39 heavy (non-hydrogen) atoms. The Hall–Kier alpha value is -4.33. The van der Waals surface area contributed by atoms with Crippen LogP contribution >= 0.6 is 22.9 Å². The minimum atomic E-state index is 0.0735. The highest BCUT2D eigenvalue weighted by Gasteiger charge is 2.29. The molecule has 2 aliphatic heterocycles. The second-order valence-electron chi connectivity index (χ2n) is 9.28. The molecule has 2 aromatic heterocycles. The molecule has 0 saturated carbocycles. The van der Waals surface area contributed by atoms with E-state index < -0.39 is 0 Å². The third kappa shape index (κ3) is 4.60. The van der Waals surface area contributed by atoms with Crippen molar-refractivity contribution in [2.75, 3.05) is 10.2 Å². The zero-order valence-corrected chi connectivity index (χ0v) is 23.5. The summed E-state index contributed by atoms with van der Waals surface area (Å²) in [4.78, 5) is 8.36. The molecular weight excluding hydrogens is 524 g/mol. The molecule has 2 aliphatic rings. The van der Waals surface area contributed by atoms with Crippen LogP contribution in [0.15, 0.2) is 120 Å². The molecule has 0 radical (unpaired) electrons. The van der Waals surface area contributed by atoms with Crippen molar-refractivity contribution in [3.05, 3.63) is 125 Å². The highest BCUT2D eigenvalue weighted by molar-refractivity contribution is 7.15. The van der Waals surface area contributed by atoms with Crippen molar-refractivity contribution in [2.24, 2.45) is 10.8 Å². The van der Waals surface area contributed by atoms with E-state index in [-0.39, 0.29) is 6.04 Å². The number of fused-ring (bicyclic) bond motifs is 2. The highest BCUT2D eigenvalue weighted by Crippen LogP contribution is 2.47. The average Bonchev–Trinajstić information content (AvgIpc) is 3.33. The van der Waals surface area contributed by atoms with Gasteiger partial charge >= 0.3 is 0 Å². The Labute approximate surface area is 237 Å². The molecule has 0 aliphatic carbocycles. The normalized spacial score (nSPS) is 18.0. The summed E-state index contributed by atoms with van der Waals surface area (Å²) in [5.41, 5.74) is 11.9. The van der Waals surface area contributed by atoms with Crippen LogP contribution in [0.1, 0.15) is 23.6 Å². The molecule has 0 bridgehead atoms. The molecule has 196 valence electrons. The maximum Gasteiger partial charge on any atom is 0.108 e. The number of nitrogens with two attached hydrogens (primary N) is 1. The van der Waals surface area contributed by atoms with Gasteiger partial charge in [0.2, 0.25) is 0 Å². The summed E-state index contributed by atoms with van der Waals surface area (Å²) >= 11 is 8.25. The van der Waals surface area contributed by atoms with E-state index in [0.717, 1.165) is 59.9 Å². The van der Waals surface area contributed by atoms with E-state index in [0.29, 0.717) is 10.9 Å². The van der Waals surface area contributed by atoms with Gasteiger partial charge in [-0.2, -0.15) is 5.10 Å². The molecule has 0 amide bonds. The SMILES string of the molecule is C=C/C(C1=CN(/N=C\N)C(C)C(C)=C1)=C(\C(=C)Cl)c1cc2c(s1)C(=C)N(c1cncc3ccccc13)C(=C)N2. The molecule has 1 atom stereocenters. The maximum atomic E-state index is 6.67. The average molecular weight is 553 g/mol. The van der Waals surface area contributed by atoms with E-state index in [9.17, 15) is 0 Å². The molecule has 0 fully saturated rings. The fourth-order valence-electron chi connectivity index (χ4n) is 4.87. The second kappa shape index (κ2) is 10.4. The van der Waals surface area contributed by atoms with Gasteiger partial charge in [0, 0.05) is 44.2 Å². The van der Waals surface area contributed by atoms with Crippen molar-refractivity contribution in [3.8, 4) is 0 Å². The van der Waals surface area contributed by atoms with Gasteiger partial charge in [-0.1, -0.05) is 74.3 Å². The molecule has 8 heteroatoms. The highest BCUT2D eigenvalue weighted by atomic mass is 35.5. The minimum Gasteiger partial charge on any atom is -0.388 e. The van der Waals surface area contributed by atoms with E-state index in [2.05, 4.69) is 73.8 Å². The fourth-order valence-corrected chi connectivity index (χ4v) is 6.29. The first-order valence-corrected chi connectivity index (χ1v) is 13.5. The number of hydrazone groups is 1. The number of thiophene rings is 1. The summed E-state index contributed by atoms with van der Waals surface area (Å²) in [6.45, 7) is 21.1. The Kier molecular flexibility index (Phi) is 7.04. The zero-order valence-electron chi connectivity index (χ0n) is 21.9. The largest absolute Gasteiger partial charge is 0.388 e. The summed E-state index contributed by atoms with van der Waals surface area (Å²) in [5, 5.41) is 12.1. The van der Waals surface area contributed by atoms with E-state index in [4.69, 9.17) is 17.3 Å². The van der Waals surface area contributed by atoms with Crippen LogP contribution in [0.25, 0.3) is 22.0 Å². The lowest BCUT2D eigenvalue weighted by molar-refractivity contribution is 0.337. The van der Waals surface area contributed by atoms with Crippen LogP contribution in [0.3, 0.4) is 0 Å². The number of halogens is 1. The predicted octanol–water partition coefficient (Wildman–Crippen LogP) is 7.80. The van der Waals surface area contributed by atoms with Gasteiger partial charge in [-0.15, -0.1) is 11.3 Å². The lowest BCUT2D eigenvalue weighted by Crippen LogP contribution is -2.28. The van der Waals surface area contributed by atoms with Crippen LogP contribution in [0.5, 0.6) is 0 Å². The number of nitrogens with one attached hydrogen (secondary N) is 1. The molecule has 0 saturated heterocycles. The lowest BCUT2D eigenvalue weighted by atomic mass is 9.93. The minimum absolute atomic E-state index is 0.0735. The Balaban J connectivity index is 1.62.